The lowest BCUT2D eigenvalue weighted by molar-refractivity contribution is -0.137. The van der Waals surface area contributed by atoms with Crippen molar-refractivity contribution < 1.29 is 22.7 Å². The molecule has 2 N–H and O–H groups in total. The van der Waals surface area contributed by atoms with Crippen molar-refractivity contribution in [2.45, 2.75) is 51.1 Å². The molecule has 0 radical (unpaired) electrons. The fourth-order valence-electron chi connectivity index (χ4n) is 6.38. The number of rotatable bonds is 4. The molecule has 5 heterocycles. The number of aromatic nitrogens is 4. The van der Waals surface area contributed by atoms with Gasteiger partial charge in [-0.15, -0.1) is 5.10 Å². The molecule has 2 aromatic carbocycles. The van der Waals surface area contributed by atoms with E-state index >= 15 is 0 Å². The number of carbonyl (C=O) groups excluding carboxylic acids is 1. The van der Waals surface area contributed by atoms with E-state index in [-0.39, 0.29) is 22.0 Å². The number of benzene rings is 2. The summed E-state index contributed by atoms with van der Waals surface area (Å²) < 4.78 is 48.4. The normalized spacial score (nSPS) is 19.3. The second-order valence-electron chi connectivity index (χ2n) is 11.8. The molecule has 1 saturated heterocycles. The Morgan fingerprint density at radius 1 is 1.16 bits per heavy atom. The van der Waals surface area contributed by atoms with Crippen LogP contribution < -0.4 is 21.1 Å². The summed E-state index contributed by atoms with van der Waals surface area (Å²) in [6, 6.07) is 7.82. The quantitative estimate of drug-likeness (QED) is 0.343. The van der Waals surface area contributed by atoms with Crippen LogP contribution in [-0.4, -0.2) is 51.3 Å². The van der Waals surface area contributed by atoms with E-state index in [2.05, 4.69) is 15.7 Å². The van der Waals surface area contributed by atoms with E-state index in [1.807, 2.05) is 36.9 Å². The van der Waals surface area contributed by atoms with Gasteiger partial charge in [-0.1, -0.05) is 23.7 Å². The van der Waals surface area contributed by atoms with Gasteiger partial charge in [0.05, 0.1) is 34.2 Å². The zero-order chi connectivity index (χ0) is 31.0. The van der Waals surface area contributed by atoms with Gasteiger partial charge in [0.25, 0.3) is 5.56 Å². The molecule has 4 aromatic rings. The smallest absolute Gasteiger partial charge is 0.366 e. The second-order valence-corrected chi connectivity index (χ2v) is 12.2. The minimum absolute atomic E-state index is 0.0583. The molecule has 1 unspecified atom stereocenters. The number of anilines is 2. The predicted octanol–water partition coefficient (Wildman–Crippen LogP) is 4.53. The zero-order valence-corrected chi connectivity index (χ0v) is 24.7. The van der Waals surface area contributed by atoms with Crippen molar-refractivity contribution >= 4 is 34.7 Å². The molecule has 0 saturated carbocycles. The van der Waals surface area contributed by atoms with Gasteiger partial charge in [0.15, 0.2) is 5.82 Å². The van der Waals surface area contributed by atoms with Crippen LogP contribution in [0.3, 0.4) is 0 Å². The van der Waals surface area contributed by atoms with Gasteiger partial charge in [0.1, 0.15) is 11.7 Å². The lowest BCUT2D eigenvalue weighted by atomic mass is 9.94. The number of hydrogen-bond acceptors (Lipinski definition) is 7. The highest BCUT2D eigenvalue weighted by Crippen LogP contribution is 2.39. The fraction of sp³-hybridized carbons (Fsp3) is 0.400. The third-order valence-corrected chi connectivity index (χ3v) is 8.93. The molecule has 0 aliphatic carbocycles. The van der Waals surface area contributed by atoms with Gasteiger partial charge in [-0.05, 0) is 62.1 Å². The summed E-state index contributed by atoms with van der Waals surface area (Å²) in [4.78, 5) is 34.5. The Labute approximate surface area is 254 Å². The molecule has 1 amide bonds. The maximum atomic E-state index is 14.0. The molecule has 3 aliphatic rings. The summed E-state index contributed by atoms with van der Waals surface area (Å²) in [7, 11) is 0. The van der Waals surface area contributed by atoms with Crippen LogP contribution in [0.25, 0.3) is 17.2 Å². The van der Waals surface area contributed by atoms with Gasteiger partial charge in [-0.25, -0.2) is 0 Å². The van der Waals surface area contributed by atoms with E-state index in [1.165, 1.54) is 4.52 Å². The number of nitrogens with zero attached hydrogens (tertiary/aromatic N) is 5. The van der Waals surface area contributed by atoms with E-state index in [1.54, 1.807) is 4.57 Å². The second kappa shape index (κ2) is 10.3. The van der Waals surface area contributed by atoms with Crippen molar-refractivity contribution in [3.05, 3.63) is 74.2 Å². The van der Waals surface area contributed by atoms with Gasteiger partial charge >= 0.3 is 6.18 Å². The lowest BCUT2D eigenvalue weighted by Gasteiger charge is -2.30. The van der Waals surface area contributed by atoms with Gasteiger partial charge in [0, 0.05) is 31.7 Å². The van der Waals surface area contributed by atoms with Crippen LogP contribution in [0.2, 0.25) is 5.02 Å². The van der Waals surface area contributed by atoms with Gasteiger partial charge < -0.3 is 20.3 Å². The molecule has 14 heteroatoms. The van der Waals surface area contributed by atoms with E-state index in [4.69, 9.17) is 21.3 Å². The Bertz CT molecular complexity index is 1880. The summed E-state index contributed by atoms with van der Waals surface area (Å²) in [6.45, 7) is 7.06. The summed E-state index contributed by atoms with van der Waals surface area (Å²) in [6.07, 6.45) is -3.78. The average Bonchev–Trinajstić information content (AvgIpc) is 3.70. The number of piperazine rings is 1. The highest BCUT2D eigenvalue weighted by molar-refractivity contribution is 6.33. The highest BCUT2D eigenvalue weighted by atomic mass is 35.5. The van der Waals surface area contributed by atoms with Gasteiger partial charge in [0.2, 0.25) is 11.7 Å². The van der Waals surface area contributed by atoms with E-state index in [9.17, 15) is 22.8 Å². The maximum Gasteiger partial charge on any atom is 0.416 e. The molecule has 0 bridgehead atoms. The molecule has 0 spiro atoms. The van der Waals surface area contributed by atoms with Crippen LogP contribution in [-0.2, 0) is 34.3 Å². The predicted molar refractivity (Wildman–Crippen MR) is 158 cm³/mol. The maximum absolute atomic E-state index is 14.0. The molecular formula is C30H29ClF3N7O3. The van der Waals surface area contributed by atoms with Crippen molar-refractivity contribution in [1.29, 1.82) is 0 Å². The molecule has 230 valence electrons. The number of halogens is 4. The molecule has 7 rings (SSSR count). The van der Waals surface area contributed by atoms with E-state index in [0.717, 1.165) is 29.3 Å². The Morgan fingerprint density at radius 3 is 2.66 bits per heavy atom. The first kappa shape index (κ1) is 28.8. The summed E-state index contributed by atoms with van der Waals surface area (Å²) >= 11 is 6.15. The highest BCUT2D eigenvalue weighted by Gasteiger charge is 2.37. The molecule has 1 atom stereocenters. The number of hydrogen-bond donors (Lipinski definition) is 2. The average molecular weight is 628 g/mol. The van der Waals surface area contributed by atoms with Gasteiger partial charge in [-0.3, -0.25) is 14.2 Å². The van der Waals surface area contributed by atoms with E-state index < -0.39 is 29.3 Å². The van der Waals surface area contributed by atoms with Crippen LogP contribution >= 0.6 is 11.6 Å². The molecule has 2 aromatic heterocycles. The SMILES string of the molecule is CC1(C)OCc2cc(-c3nc4n5c(c(N6CCNCC6)c(=O)n4n3)CCC5C(=O)Nc3ccc(C(F)(F)F)cc3Cl)ccc21. The molecule has 1 fully saturated rings. The first-order chi connectivity index (χ1) is 20.9. The first-order valence-electron chi connectivity index (χ1n) is 14.4. The molecule has 10 nitrogen and oxygen atoms in total. The standard InChI is InChI=1S/C30H29ClF3N7O3/c1-29(2)19-5-3-16(13-17(19)15-44-29)25-37-28-40-22(24(27(43)41(28)38-25)39-11-9-35-10-12-39)7-8-23(40)26(42)36-21-6-4-18(14-20(21)31)30(32,33)34/h3-6,13-14,23,35H,7-12,15H2,1-2H3,(H,36,42). The summed E-state index contributed by atoms with van der Waals surface area (Å²) in [5, 5.41) is 10.4. The van der Waals surface area contributed by atoms with Crippen molar-refractivity contribution in [3.8, 4) is 11.4 Å². The Kier molecular flexibility index (Phi) is 6.75. The fourth-order valence-corrected chi connectivity index (χ4v) is 6.61. The van der Waals surface area contributed by atoms with Crippen molar-refractivity contribution in [1.82, 2.24) is 24.5 Å². The third-order valence-electron chi connectivity index (χ3n) is 8.62. The van der Waals surface area contributed by atoms with Crippen molar-refractivity contribution in [2.24, 2.45) is 0 Å². The van der Waals surface area contributed by atoms with Crippen LogP contribution in [0, 0.1) is 0 Å². The number of ether oxygens (including phenoxy) is 1. The van der Waals surface area contributed by atoms with Crippen LogP contribution in [0.1, 0.15) is 48.7 Å². The number of fused-ring (bicyclic) bond motifs is 4. The molecule has 3 aliphatic heterocycles. The molecular weight excluding hydrogens is 599 g/mol. The monoisotopic (exact) mass is 627 g/mol. The topological polar surface area (TPSA) is 106 Å². The summed E-state index contributed by atoms with van der Waals surface area (Å²) in [5.41, 5.74) is 2.36. The van der Waals surface area contributed by atoms with Gasteiger partial charge in [-0.2, -0.15) is 22.7 Å². The van der Waals surface area contributed by atoms with Crippen LogP contribution in [0.15, 0.2) is 41.2 Å². The Morgan fingerprint density at radius 2 is 1.93 bits per heavy atom. The zero-order valence-electron chi connectivity index (χ0n) is 24.0. The Hall–Kier alpha value is -3.94. The summed E-state index contributed by atoms with van der Waals surface area (Å²) in [5.74, 6) is 0.0643. The van der Waals surface area contributed by atoms with Crippen molar-refractivity contribution in [3.63, 3.8) is 0 Å². The van der Waals surface area contributed by atoms with Crippen LogP contribution in [0.4, 0.5) is 24.5 Å². The molecule has 44 heavy (non-hydrogen) atoms. The first-order valence-corrected chi connectivity index (χ1v) is 14.8. The number of carbonyl (C=O) groups is 1. The Balaban J connectivity index is 1.32. The largest absolute Gasteiger partial charge is 0.416 e. The van der Waals surface area contributed by atoms with Crippen LogP contribution in [0.5, 0.6) is 0 Å². The number of amides is 1. The van der Waals surface area contributed by atoms with Crippen molar-refractivity contribution in [2.75, 3.05) is 36.4 Å². The number of nitrogens with one attached hydrogen (secondary N) is 2. The lowest BCUT2D eigenvalue weighted by Crippen LogP contribution is -2.46. The number of alkyl halides is 3. The minimum atomic E-state index is -4.57. The minimum Gasteiger partial charge on any atom is -0.366 e. The third kappa shape index (κ3) is 4.74. The van der Waals surface area contributed by atoms with E-state index in [0.29, 0.717) is 68.4 Å².